The maximum Gasteiger partial charge on any atom is 0.278 e. The van der Waals surface area contributed by atoms with Crippen molar-refractivity contribution in [2.24, 2.45) is 0 Å². The van der Waals surface area contributed by atoms with Gasteiger partial charge < -0.3 is 5.32 Å². The summed E-state index contributed by atoms with van der Waals surface area (Å²) < 4.78 is 25.3. The third-order valence-electron chi connectivity index (χ3n) is 4.86. The van der Waals surface area contributed by atoms with Crippen molar-refractivity contribution in [3.05, 3.63) is 57.6 Å². The summed E-state index contributed by atoms with van der Waals surface area (Å²) >= 11 is 0. The van der Waals surface area contributed by atoms with Crippen LogP contribution in [0.25, 0.3) is 10.9 Å². The molecule has 1 aliphatic carbocycles. The van der Waals surface area contributed by atoms with E-state index in [-0.39, 0.29) is 29.6 Å². The number of amides is 1. The first-order chi connectivity index (χ1) is 14.1. The number of hydrogen-bond donors (Lipinski definition) is 1. The van der Waals surface area contributed by atoms with Crippen molar-refractivity contribution in [1.82, 2.24) is 24.9 Å². The first-order valence-corrected chi connectivity index (χ1v) is 9.00. The van der Waals surface area contributed by atoms with Crippen LogP contribution in [-0.2, 0) is 11.3 Å². The molecule has 1 saturated carbocycles. The summed E-state index contributed by atoms with van der Waals surface area (Å²) in [5, 5.41) is 12.0. The highest BCUT2D eigenvalue weighted by Crippen LogP contribution is 2.36. The van der Waals surface area contributed by atoms with Crippen molar-refractivity contribution < 1.29 is 8.91 Å². The van der Waals surface area contributed by atoms with Crippen molar-refractivity contribution in [2.45, 2.75) is 52.2 Å². The molecule has 7 nitrogen and oxygen atoms in total. The Morgan fingerprint density at radius 2 is 2.11 bits per heavy atom. The molecule has 27 heavy (non-hydrogen) atoms. The van der Waals surface area contributed by atoms with E-state index in [1.165, 1.54) is 12.1 Å². The molecule has 3 aromatic rings. The molecule has 1 aliphatic rings. The first kappa shape index (κ1) is 14.1. The second kappa shape index (κ2) is 6.64. The summed E-state index contributed by atoms with van der Waals surface area (Å²) in [6.45, 7) is 1.21. The van der Waals surface area contributed by atoms with Crippen LogP contribution in [-0.4, -0.2) is 25.5 Å². The van der Waals surface area contributed by atoms with Gasteiger partial charge in [-0.1, -0.05) is 29.8 Å². The number of rotatable bonds is 5. The molecular formula is C20H23N5O2. The minimum absolute atomic E-state index is 0.208. The average Bonchev–Trinajstić information content (AvgIpc) is 3.47. The number of carbonyl (C=O) groups is 1. The number of aromatic nitrogens is 4. The number of nitrogens with one attached hydrogen (secondary N) is 1. The van der Waals surface area contributed by atoms with Gasteiger partial charge in [0.2, 0.25) is 5.91 Å². The second-order valence-corrected chi connectivity index (χ2v) is 7.04. The van der Waals surface area contributed by atoms with Crippen molar-refractivity contribution >= 4 is 16.8 Å². The molecule has 1 amide bonds. The zero-order valence-electron chi connectivity index (χ0n) is 18.3. The maximum atomic E-state index is 12.8. The lowest BCUT2D eigenvalue weighted by atomic mass is 10.1. The number of fused-ring (bicyclic) bond motifs is 1. The van der Waals surface area contributed by atoms with Gasteiger partial charge in [0.25, 0.3) is 5.56 Å². The molecule has 4 rings (SSSR count). The normalized spacial score (nSPS) is 17.2. The molecule has 1 atom stereocenters. The van der Waals surface area contributed by atoms with Crippen molar-refractivity contribution in [3.8, 4) is 0 Å². The molecule has 0 aliphatic heterocycles. The van der Waals surface area contributed by atoms with Crippen molar-refractivity contribution in [3.63, 3.8) is 0 Å². The third-order valence-corrected chi connectivity index (χ3v) is 4.86. The number of nitrogens with zero attached hydrogens (tertiary/aromatic N) is 4. The van der Waals surface area contributed by atoms with Gasteiger partial charge >= 0.3 is 0 Å². The fourth-order valence-electron chi connectivity index (χ4n) is 3.25. The minimum atomic E-state index is -2.16. The zero-order valence-corrected chi connectivity index (χ0v) is 15.3. The van der Waals surface area contributed by atoms with Crippen LogP contribution in [0.4, 0.5) is 0 Å². The Balaban J connectivity index is 1.48. The number of hydrogen-bond acceptors (Lipinski definition) is 4. The largest absolute Gasteiger partial charge is 0.348 e. The van der Waals surface area contributed by atoms with Crippen LogP contribution in [0, 0.1) is 13.8 Å². The van der Waals surface area contributed by atoms with E-state index in [2.05, 4.69) is 15.5 Å². The van der Waals surface area contributed by atoms with E-state index in [0.717, 1.165) is 23.1 Å². The van der Waals surface area contributed by atoms with Crippen LogP contribution in [0.1, 0.15) is 52.8 Å². The van der Waals surface area contributed by atoms with E-state index in [9.17, 15) is 9.59 Å². The van der Waals surface area contributed by atoms with Crippen LogP contribution in [0.15, 0.2) is 35.3 Å². The molecule has 0 radical (unpaired) electrons. The summed E-state index contributed by atoms with van der Waals surface area (Å²) in [5.41, 5.74) is 2.03. The molecule has 0 unspecified atom stereocenters. The number of aryl methyl sites for hydroxylation is 2. The Bertz CT molecular complexity index is 1160. The highest BCUT2D eigenvalue weighted by atomic mass is 16.2. The fourth-order valence-corrected chi connectivity index (χ4v) is 3.25. The third kappa shape index (κ3) is 3.37. The second-order valence-electron chi connectivity index (χ2n) is 7.04. The Kier molecular flexibility index (Phi) is 3.48. The van der Waals surface area contributed by atoms with Gasteiger partial charge in [-0.2, -0.15) is 10.2 Å². The molecule has 2 heterocycles. The standard InChI is InChI=1S/C20H23N5O2/c1-12-4-6-15(7-5-12)13(2)22-18(26)11-24-20(27)19-14(3)23-25(16-8-9-16)17(19)10-21-24/h4-7,10,13,16H,8-9,11H2,1-3H3,(H,22,26)/t13-/m0/s1/i1D3. The van der Waals surface area contributed by atoms with E-state index in [1.807, 2.05) is 4.68 Å². The Hall–Kier alpha value is -2.96. The Morgan fingerprint density at radius 1 is 1.37 bits per heavy atom. The SMILES string of the molecule is [2H]C([2H])([2H])c1ccc([C@H](C)NC(=O)Cn2ncc3c(c(C)nn3C3CC3)c2=O)cc1. The summed E-state index contributed by atoms with van der Waals surface area (Å²) in [6, 6.07) is 6.41. The Morgan fingerprint density at radius 3 is 2.78 bits per heavy atom. The van der Waals surface area contributed by atoms with Gasteiger partial charge in [-0.3, -0.25) is 14.3 Å². The minimum Gasteiger partial charge on any atom is -0.348 e. The lowest BCUT2D eigenvalue weighted by Gasteiger charge is -2.15. The Labute approximate surface area is 161 Å². The van der Waals surface area contributed by atoms with E-state index in [0.29, 0.717) is 22.6 Å². The average molecular weight is 368 g/mol. The van der Waals surface area contributed by atoms with Gasteiger partial charge in [0.15, 0.2) is 0 Å². The number of benzene rings is 1. The molecule has 1 fully saturated rings. The van der Waals surface area contributed by atoms with E-state index in [1.54, 1.807) is 32.2 Å². The fraction of sp³-hybridized carbons (Fsp3) is 0.400. The molecule has 0 saturated heterocycles. The lowest BCUT2D eigenvalue weighted by molar-refractivity contribution is -0.122. The van der Waals surface area contributed by atoms with Gasteiger partial charge in [-0.05, 0) is 39.1 Å². The highest BCUT2D eigenvalue weighted by Gasteiger charge is 2.28. The van der Waals surface area contributed by atoms with E-state index < -0.39 is 6.85 Å². The lowest BCUT2D eigenvalue weighted by Crippen LogP contribution is -2.35. The zero-order chi connectivity index (χ0) is 21.6. The quantitative estimate of drug-likeness (QED) is 0.750. The van der Waals surface area contributed by atoms with Crippen molar-refractivity contribution in [2.75, 3.05) is 0 Å². The molecule has 140 valence electrons. The molecule has 0 bridgehead atoms. The summed E-state index contributed by atoms with van der Waals surface area (Å²) in [4.78, 5) is 25.3. The predicted molar refractivity (Wildman–Crippen MR) is 103 cm³/mol. The van der Waals surface area contributed by atoms with Gasteiger partial charge in [-0.15, -0.1) is 0 Å². The molecule has 7 heteroatoms. The van der Waals surface area contributed by atoms with E-state index >= 15 is 0 Å². The van der Waals surface area contributed by atoms with Gasteiger partial charge in [0.05, 0.1) is 34.9 Å². The predicted octanol–water partition coefficient (Wildman–Crippen LogP) is 2.42. The number of carbonyl (C=O) groups excluding carboxylic acids is 1. The summed E-state index contributed by atoms with van der Waals surface area (Å²) in [7, 11) is 0. The molecule has 1 N–H and O–H groups in total. The van der Waals surface area contributed by atoms with Crippen LogP contribution < -0.4 is 10.9 Å². The highest BCUT2D eigenvalue weighted by molar-refractivity contribution is 5.81. The molecule has 0 spiro atoms. The smallest absolute Gasteiger partial charge is 0.278 e. The van der Waals surface area contributed by atoms with Crippen LogP contribution in [0.3, 0.4) is 0 Å². The topological polar surface area (TPSA) is 81.8 Å². The maximum absolute atomic E-state index is 12.8. The van der Waals surface area contributed by atoms with Crippen LogP contribution in [0.2, 0.25) is 0 Å². The monoisotopic (exact) mass is 368 g/mol. The van der Waals surface area contributed by atoms with Crippen LogP contribution in [0.5, 0.6) is 0 Å². The van der Waals surface area contributed by atoms with Gasteiger partial charge in [-0.25, -0.2) is 4.68 Å². The molecule has 1 aromatic carbocycles. The molecular weight excluding hydrogens is 342 g/mol. The van der Waals surface area contributed by atoms with E-state index in [4.69, 9.17) is 4.11 Å². The van der Waals surface area contributed by atoms with Gasteiger partial charge in [0.1, 0.15) is 6.54 Å². The molecule has 2 aromatic heterocycles. The summed E-state index contributed by atoms with van der Waals surface area (Å²) in [6.07, 6.45) is 3.69. The summed E-state index contributed by atoms with van der Waals surface area (Å²) in [5.74, 6) is -0.358. The van der Waals surface area contributed by atoms with Crippen LogP contribution >= 0.6 is 0 Å². The van der Waals surface area contributed by atoms with Gasteiger partial charge in [0, 0.05) is 4.11 Å². The van der Waals surface area contributed by atoms with Crippen molar-refractivity contribution in [1.29, 1.82) is 0 Å². The first-order valence-electron chi connectivity index (χ1n) is 10.5.